The number of fused-ring (bicyclic) bond motifs is 1. The summed E-state index contributed by atoms with van der Waals surface area (Å²) in [5.41, 5.74) is 8.12. The van der Waals surface area contributed by atoms with Crippen molar-refractivity contribution >= 4 is 41.5 Å². The summed E-state index contributed by atoms with van der Waals surface area (Å²) in [5.74, 6) is 0.445. The van der Waals surface area contributed by atoms with Crippen LogP contribution in [-0.2, 0) is 11.2 Å². The average molecular weight is 402 g/mol. The van der Waals surface area contributed by atoms with Crippen molar-refractivity contribution in [1.29, 1.82) is 0 Å². The quantitative estimate of drug-likeness (QED) is 0.475. The number of aliphatic imine (C=N–C) groups is 1. The molecule has 21 heavy (non-hydrogen) atoms. The van der Waals surface area contributed by atoms with Crippen LogP contribution in [0, 0.1) is 0 Å². The monoisotopic (exact) mass is 402 g/mol. The van der Waals surface area contributed by atoms with Crippen molar-refractivity contribution in [3.05, 3.63) is 29.8 Å². The highest BCUT2D eigenvalue weighted by Gasteiger charge is 2.23. The molecule has 0 atom stereocenters. The smallest absolute Gasteiger partial charge is 0.248 e. The van der Waals surface area contributed by atoms with Gasteiger partial charge in [0, 0.05) is 25.3 Å². The SMILES string of the molecule is CCN(CC)C(N)=NCC(=O)N1CCc2ccccc21.I. The Labute approximate surface area is 143 Å². The van der Waals surface area contributed by atoms with Gasteiger partial charge in [0.2, 0.25) is 5.91 Å². The van der Waals surface area contributed by atoms with E-state index >= 15 is 0 Å². The number of hydrogen-bond acceptors (Lipinski definition) is 2. The van der Waals surface area contributed by atoms with Crippen LogP contribution >= 0.6 is 24.0 Å². The van der Waals surface area contributed by atoms with Crippen LogP contribution in [0.25, 0.3) is 0 Å². The molecule has 0 unspecified atom stereocenters. The van der Waals surface area contributed by atoms with Gasteiger partial charge in [-0.3, -0.25) is 4.79 Å². The lowest BCUT2D eigenvalue weighted by Gasteiger charge is -2.20. The van der Waals surface area contributed by atoms with Gasteiger partial charge in [-0.1, -0.05) is 18.2 Å². The molecule has 1 aromatic carbocycles. The van der Waals surface area contributed by atoms with E-state index in [-0.39, 0.29) is 36.4 Å². The van der Waals surface area contributed by atoms with E-state index in [0.29, 0.717) is 5.96 Å². The first kappa shape index (κ1) is 17.7. The maximum Gasteiger partial charge on any atom is 0.248 e. The molecule has 0 fully saturated rings. The number of nitrogens with zero attached hydrogens (tertiary/aromatic N) is 3. The zero-order chi connectivity index (χ0) is 14.5. The predicted octanol–water partition coefficient (Wildman–Crippen LogP) is 1.85. The fraction of sp³-hybridized carbons (Fsp3) is 0.467. The van der Waals surface area contributed by atoms with Crippen LogP contribution in [0.5, 0.6) is 0 Å². The van der Waals surface area contributed by atoms with Crippen LogP contribution in [0.2, 0.25) is 0 Å². The van der Waals surface area contributed by atoms with Crippen LogP contribution in [-0.4, -0.2) is 42.9 Å². The van der Waals surface area contributed by atoms with Crippen molar-refractivity contribution in [2.45, 2.75) is 20.3 Å². The molecule has 0 saturated heterocycles. The second-order valence-corrected chi connectivity index (χ2v) is 4.77. The van der Waals surface area contributed by atoms with Gasteiger partial charge in [-0.15, -0.1) is 24.0 Å². The van der Waals surface area contributed by atoms with E-state index in [2.05, 4.69) is 11.1 Å². The van der Waals surface area contributed by atoms with Crippen LogP contribution in [0.3, 0.4) is 0 Å². The topological polar surface area (TPSA) is 61.9 Å². The van der Waals surface area contributed by atoms with Crippen molar-refractivity contribution in [3.63, 3.8) is 0 Å². The third-order valence-corrected chi connectivity index (χ3v) is 3.65. The molecule has 0 aliphatic carbocycles. The number of para-hydroxylation sites is 1. The van der Waals surface area contributed by atoms with E-state index in [1.54, 1.807) is 4.90 Å². The first-order chi connectivity index (χ1) is 9.67. The second kappa shape index (κ2) is 8.21. The zero-order valence-corrected chi connectivity index (χ0v) is 14.9. The number of benzene rings is 1. The van der Waals surface area contributed by atoms with E-state index in [9.17, 15) is 4.79 Å². The summed E-state index contributed by atoms with van der Waals surface area (Å²) in [7, 11) is 0. The lowest BCUT2D eigenvalue weighted by molar-refractivity contribution is -0.117. The minimum atomic E-state index is 0. The van der Waals surface area contributed by atoms with E-state index in [4.69, 9.17) is 5.73 Å². The van der Waals surface area contributed by atoms with Gasteiger partial charge in [0.25, 0.3) is 0 Å². The summed E-state index contributed by atoms with van der Waals surface area (Å²) in [6, 6.07) is 8.01. The van der Waals surface area contributed by atoms with E-state index in [1.807, 2.05) is 36.9 Å². The lowest BCUT2D eigenvalue weighted by Crippen LogP contribution is -2.38. The summed E-state index contributed by atoms with van der Waals surface area (Å²) in [6.07, 6.45) is 0.914. The molecule has 1 aromatic rings. The molecule has 2 rings (SSSR count). The molecule has 2 N–H and O–H groups in total. The fourth-order valence-electron chi connectivity index (χ4n) is 2.48. The summed E-state index contributed by atoms with van der Waals surface area (Å²) >= 11 is 0. The van der Waals surface area contributed by atoms with Crippen LogP contribution in [0.15, 0.2) is 29.3 Å². The Morgan fingerprint density at radius 2 is 2.00 bits per heavy atom. The number of amides is 1. The van der Waals surface area contributed by atoms with E-state index in [1.165, 1.54) is 5.56 Å². The number of guanidine groups is 1. The number of halogens is 1. The molecule has 0 aromatic heterocycles. The predicted molar refractivity (Wildman–Crippen MR) is 97.3 cm³/mol. The second-order valence-electron chi connectivity index (χ2n) is 4.77. The number of hydrogen-bond donors (Lipinski definition) is 1. The fourth-order valence-corrected chi connectivity index (χ4v) is 2.48. The third kappa shape index (κ3) is 4.09. The molecular weight excluding hydrogens is 379 g/mol. The largest absolute Gasteiger partial charge is 0.370 e. The first-order valence-corrected chi connectivity index (χ1v) is 7.10. The van der Waals surface area contributed by atoms with Crippen LogP contribution < -0.4 is 10.6 Å². The van der Waals surface area contributed by atoms with Gasteiger partial charge < -0.3 is 15.5 Å². The molecular formula is C15H23IN4O. The summed E-state index contributed by atoms with van der Waals surface area (Å²) < 4.78 is 0. The Morgan fingerprint density at radius 1 is 1.33 bits per heavy atom. The molecule has 1 amide bonds. The Balaban J connectivity index is 0.00000220. The van der Waals surface area contributed by atoms with Crippen molar-refractivity contribution in [3.8, 4) is 0 Å². The minimum absolute atomic E-state index is 0. The van der Waals surface area contributed by atoms with Crippen LogP contribution in [0.1, 0.15) is 19.4 Å². The average Bonchev–Trinajstić information content (AvgIpc) is 2.90. The maximum atomic E-state index is 12.3. The minimum Gasteiger partial charge on any atom is -0.370 e. The molecule has 6 heteroatoms. The van der Waals surface area contributed by atoms with Crippen molar-refractivity contribution in [2.75, 3.05) is 31.1 Å². The van der Waals surface area contributed by atoms with Gasteiger partial charge in [0.1, 0.15) is 6.54 Å². The summed E-state index contributed by atoms with van der Waals surface area (Å²) in [6.45, 7) is 6.48. The zero-order valence-electron chi connectivity index (χ0n) is 12.6. The van der Waals surface area contributed by atoms with E-state index < -0.39 is 0 Å². The molecule has 0 bridgehead atoms. The molecule has 0 saturated carbocycles. The van der Waals surface area contributed by atoms with E-state index in [0.717, 1.165) is 31.7 Å². The number of carbonyl (C=O) groups is 1. The molecule has 0 spiro atoms. The summed E-state index contributed by atoms with van der Waals surface area (Å²) in [5, 5.41) is 0. The van der Waals surface area contributed by atoms with Gasteiger partial charge in [-0.25, -0.2) is 4.99 Å². The third-order valence-electron chi connectivity index (χ3n) is 3.65. The lowest BCUT2D eigenvalue weighted by atomic mass is 10.2. The molecule has 0 radical (unpaired) electrons. The Hall–Kier alpha value is -1.31. The van der Waals surface area contributed by atoms with Gasteiger partial charge in [0.15, 0.2) is 5.96 Å². The molecule has 5 nitrogen and oxygen atoms in total. The highest BCUT2D eigenvalue weighted by atomic mass is 127. The summed E-state index contributed by atoms with van der Waals surface area (Å²) in [4.78, 5) is 20.2. The molecule has 1 aliphatic rings. The Morgan fingerprint density at radius 3 is 2.67 bits per heavy atom. The number of carbonyl (C=O) groups excluding carboxylic acids is 1. The molecule has 1 heterocycles. The van der Waals surface area contributed by atoms with Crippen molar-refractivity contribution in [2.24, 2.45) is 10.7 Å². The normalized spacial score (nSPS) is 13.6. The number of anilines is 1. The molecule has 116 valence electrons. The first-order valence-electron chi connectivity index (χ1n) is 7.10. The van der Waals surface area contributed by atoms with Crippen LogP contribution in [0.4, 0.5) is 5.69 Å². The standard InChI is InChI=1S/C15H22N4O.HI/c1-3-18(4-2)15(16)17-11-14(20)19-10-9-12-7-5-6-8-13(12)19;/h5-8H,3-4,9-11H2,1-2H3,(H2,16,17);1H. The maximum absolute atomic E-state index is 12.3. The highest BCUT2D eigenvalue weighted by molar-refractivity contribution is 14.0. The Bertz CT molecular complexity index is 514. The van der Waals surface area contributed by atoms with Gasteiger partial charge >= 0.3 is 0 Å². The van der Waals surface area contributed by atoms with Crippen molar-refractivity contribution < 1.29 is 4.79 Å². The molecule has 1 aliphatic heterocycles. The number of nitrogens with two attached hydrogens (primary N) is 1. The Kier molecular flexibility index (Phi) is 6.94. The van der Waals surface area contributed by atoms with Gasteiger partial charge in [0.05, 0.1) is 0 Å². The number of rotatable bonds is 4. The van der Waals surface area contributed by atoms with Gasteiger partial charge in [-0.05, 0) is 31.9 Å². The van der Waals surface area contributed by atoms with Gasteiger partial charge in [-0.2, -0.15) is 0 Å². The highest BCUT2D eigenvalue weighted by Crippen LogP contribution is 2.27. The van der Waals surface area contributed by atoms with Crippen molar-refractivity contribution in [1.82, 2.24) is 4.90 Å².